The van der Waals surface area contributed by atoms with Crippen LogP contribution in [0.15, 0.2) is 64.4 Å². The third-order valence-electron chi connectivity index (χ3n) is 3.12. The molecule has 0 radical (unpaired) electrons. The number of hydrogen-bond acceptors (Lipinski definition) is 6. The third-order valence-corrected chi connectivity index (χ3v) is 5.85. The standard InChI is InChI=1S/C10H9OSe.C6H5NO5S/c1-11-9-6-7-12-10-5-3-2-4-8(9)10;8-7(9)5-3-1-2-4-6(5)13(10,11)12/h2-7H,1H3;1-4H,(H,10,11,12)/q+1;/p-1. The normalized spacial score (nSPS) is 10.6. The summed E-state index contributed by atoms with van der Waals surface area (Å²) in [6.45, 7) is 0. The minimum Gasteiger partial charge on any atom is -0.744 e. The average Bonchev–Trinajstić information content (AvgIpc) is 2.61. The number of rotatable bonds is 3. The Hall–Kier alpha value is -2.32. The van der Waals surface area contributed by atoms with Crippen molar-refractivity contribution in [3.8, 4) is 5.75 Å². The molecule has 0 spiro atoms. The maximum Gasteiger partial charge on any atom is 0.286 e. The van der Waals surface area contributed by atoms with E-state index in [-0.39, 0.29) is 0 Å². The first-order valence-electron chi connectivity index (χ1n) is 6.87. The van der Waals surface area contributed by atoms with Crippen LogP contribution in [0.1, 0.15) is 0 Å². The Bertz CT molecular complexity index is 1000. The Morgan fingerprint density at radius 2 is 1.68 bits per heavy atom. The van der Waals surface area contributed by atoms with Crippen molar-refractivity contribution in [3.63, 3.8) is 0 Å². The van der Waals surface area contributed by atoms with Crippen molar-refractivity contribution in [2.24, 2.45) is 0 Å². The number of nitro groups is 1. The molecule has 0 fully saturated rings. The minimum atomic E-state index is -4.77. The summed E-state index contributed by atoms with van der Waals surface area (Å²) in [5.74, 6) is 0.985. The topological polar surface area (TPSA) is 110 Å². The van der Waals surface area contributed by atoms with E-state index in [4.69, 9.17) is 4.74 Å². The Morgan fingerprint density at radius 3 is 2.28 bits per heavy atom. The van der Waals surface area contributed by atoms with E-state index >= 15 is 0 Å². The quantitative estimate of drug-likeness (QED) is 0.276. The van der Waals surface area contributed by atoms with E-state index in [1.807, 2.05) is 6.07 Å². The van der Waals surface area contributed by atoms with Crippen LogP contribution in [0.4, 0.5) is 5.69 Å². The molecular weight excluding hydrogens is 413 g/mol. The predicted octanol–water partition coefficient (Wildman–Crippen LogP) is 2.69. The first-order chi connectivity index (χ1) is 11.8. The van der Waals surface area contributed by atoms with Crippen molar-refractivity contribution in [3.05, 3.63) is 69.7 Å². The van der Waals surface area contributed by atoms with Gasteiger partial charge in [-0.15, -0.1) is 0 Å². The maximum atomic E-state index is 10.5. The number of fused-ring (bicyclic) bond motifs is 1. The zero-order valence-electron chi connectivity index (χ0n) is 13.0. The van der Waals surface area contributed by atoms with Crippen LogP contribution in [0.3, 0.4) is 0 Å². The summed E-state index contributed by atoms with van der Waals surface area (Å²) >= 11 is 0.485. The van der Waals surface area contributed by atoms with Gasteiger partial charge in [-0.2, -0.15) is 0 Å². The summed E-state index contributed by atoms with van der Waals surface area (Å²) in [7, 11) is -3.05. The van der Waals surface area contributed by atoms with Crippen molar-refractivity contribution in [2.75, 3.05) is 7.11 Å². The molecular formula is C16H13NO6SSe. The fourth-order valence-corrected chi connectivity index (χ4v) is 4.33. The largest absolute Gasteiger partial charge is 0.744 e. The third kappa shape index (κ3) is 4.83. The van der Waals surface area contributed by atoms with Crippen molar-refractivity contribution in [1.29, 1.82) is 0 Å². The Kier molecular flexibility index (Phi) is 6.22. The first-order valence-corrected chi connectivity index (χ1v) is 10.1. The van der Waals surface area contributed by atoms with Crippen molar-refractivity contribution in [2.45, 2.75) is 4.90 Å². The van der Waals surface area contributed by atoms with E-state index in [2.05, 4.69) is 29.2 Å². The average molecular weight is 426 g/mol. The summed E-state index contributed by atoms with van der Waals surface area (Å²) in [4.78, 5) is 10.7. The molecule has 1 heterocycles. The number of nitrogens with zero attached hydrogens (tertiary/aromatic N) is 1. The Balaban J connectivity index is 0.000000181. The van der Waals surface area contributed by atoms with Gasteiger partial charge in [-0.05, 0) is 6.07 Å². The molecule has 2 aromatic carbocycles. The number of ether oxygens (including phenoxy) is 1. The minimum absolute atomic E-state index is 0.485. The van der Waals surface area contributed by atoms with Gasteiger partial charge in [0.25, 0.3) is 5.69 Å². The van der Waals surface area contributed by atoms with Gasteiger partial charge in [0, 0.05) is 6.07 Å². The Morgan fingerprint density at radius 1 is 1.04 bits per heavy atom. The monoisotopic (exact) mass is 427 g/mol. The maximum absolute atomic E-state index is 10.5. The number of para-hydroxylation sites is 1. The van der Waals surface area contributed by atoms with Crippen LogP contribution in [0.5, 0.6) is 5.75 Å². The van der Waals surface area contributed by atoms with Gasteiger partial charge in [-0.1, -0.05) is 12.1 Å². The van der Waals surface area contributed by atoms with E-state index in [1.54, 1.807) is 7.11 Å². The van der Waals surface area contributed by atoms with Crippen LogP contribution in [0.2, 0.25) is 0 Å². The van der Waals surface area contributed by atoms with Gasteiger partial charge in [0.05, 0.1) is 4.92 Å². The van der Waals surface area contributed by atoms with Crippen LogP contribution >= 0.6 is 0 Å². The van der Waals surface area contributed by atoms with Crippen LogP contribution < -0.4 is 4.74 Å². The summed E-state index contributed by atoms with van der Waals surface area (Å²) in [5.41, 5.74) is -0.697. The molecule has 25 heavy (non-hydrogen) atoms. The fraction of sp³-hybridized carbons (Fsp3) is 0.0625. The fourth-order valence-electron chi connectivity index (χ4n) is 2.03. The predicted molar refractivity (Wildman–Crippen MR) is 92.9 cm³/mol. The zero-order chi connectivity index (χ0) is 18.4. The number of benzene rings is 2. The number of hydrogen-bond donors (Lipinski definition) is 0. The molecule has 130 valence electrons. The molecule has 0 N–H and O–H groups in total. The molecule has 9 heteroatoms. The second kappa shape index (κ2) is 8.17. The van der Waals surface area contributed by atoms with E-state index < -0.39 is 25.6 Å². The molecule has 7 nitrogen and oxygen atoms in total. The molecule has 3 aromatic rings. The zero-order valence-corrected chi connectivity index (χ0v) is 15.5. The molecule has 0 aliphatic rings. The molecule has 0 aliphatic heterocycles. The van der Waals surface area contributed by atoms with Gasteiger partial charge in [0.2, 0.25) is 0 Å². The van der Waals surface area contributed by atoms with E-state index in [0.717, 1.165) is 17.9 Å². The van der Waals surface area contributed by atoms with Crippen molar-refractivity contribution in [1.82, 2.24) is 0 Å². The summed E-state index contributed by atoms with van der Waals surface area (Å²) in [6, 6.07) is 14.9. The van der Waals surface area contributed by atoms with E-state index in [9.17, 15) is 23.1 Å². The molecule has 0 saturated heterocycles. The van der Waals surface area contributed by atoms with Gasteiger partial charge in [-0.3, -0.25) is 10.1 Å². The van der Waals surface area contributed by atoms with E-state index in [0.29, 0.717) is 14.5 Å². The smallest absolute Gasteiger partial charge is 0.286 e. The molecule has 0 bridgehead atoms. The van der Waals surface area contributed by atoms with Gasteiger partial charge >= 0.3 is 77.0 Å². The van der Waals surface area contributed by atoms with Crippen molar-refractivity contribution < 1.29 is 22.6 Å². The van der Waals surface area contributed by atoms with Crippen LogP contribution in [0.25, 0.3) is 9.65 Å². The van der Waals surface area contributed by atoms with Gasteiger partial charge in [0.15, 0.2) is 0 Å². The van der Waals surface area contributed by atoms with Crippen LogP contribution in [0, 0.1) is 10.1 Å². The van der Waals surface area contributed by atoms with Crippen LogP contribution in [-0.2, 0) is 10.1 Å². The summed E-state index contributed by atoms with van der Waals surface area (Å²) in [6.07, 6.45) is 0. The number of nitro benzene ring substituents is 1. The molecule has 1 aromatic heterocycles. The molecule has 0 amide bonds. The van der Waals surface area contributed by atoms with Gasteiger partial charge in [0.1, 0.15) is 15.0 Å². The van der Waals surface area contributed by atoms with Crippen LogP contribution in [-0.4, -0.2) is 39.5 Å². The molecule has 0 saturated carbocycles. The van der Waals surface area contributed by atoms with Crippen molar-refractivity contribution >= 4 is 40.0 Å². The molecule has 0 aliphatic carbocycles. The van der Waals surface area contributed by atoms with E-state index in [1.165, 1.54) is 21.8 Å². The number of methoxy groups -OCH3 is 1. The summed E-state index contributed by atoms with van der Waals surface area (Å²) in [5, 5.41) is 11.5. The SMILES string of the molecule is COc1cc[se+]c2ccccc12.O=[N+]([O-])c1ccccc1S(=O)(=O)[O-]. The van der Waals surface area contributed by atoms with Gasteiger partial charge < -0.3 is 4.55 Å². The summed E-state index contributed by atoms with van der Waals surface area (Å²) < 4.78 is 38.2. The molecule has 0 unspecified atom stereocenters. The molecule has 3 rings (SSSR count). The Labute approximate surface area is 150 Å². The second-order valence-electron chi connectivity index (χ2n) is 4.66. The molecule has 0 atom stereocenters. The first kappa shape index (κ1) is 19.0. The van der Waals surface area contributed by atoms with Gasteiger partial charge in [-0.25, -0.2) is 8.42 Å². The second-order valence-corrected chi connectivity index (χ2v) is 8.00.